The molecular formula is C10H20N2O3. The summed E-state index contributed by atoms with van der Waals surface area (Å²) in [4.78, 5) is 24.1. The first-order chi connectivity index (χ1) is 7.07. The van der Waals surface area contributed by atoms with E-state index in [-0.39, 0.29) is 13.0 Å². The SMILES string of the molecule is CCOC(=O)C(=O)CCNCCN(C)C. The van der Waals surface area contributed by atoms with E-state index in [1.807, 2.05) is 19.0 Å². The lowest BCUT2D eigenvalue weighted by atomic mass is 10.3. The molecule has 0 aromatic rings. The van der Waals surface area contributed by atoms with Gasteiger partial charge in [0.2, 0.25) is 5.78 Å². The maximum Gasteiger partial charge on any atom is 0.374 e. The second kappa shape index (κ2) is 8.38. The molecular weight excluding hydrogens is 196 g/mol. The Morgan fingerprint density at radius 1 is 1.27 bits per heavy atom. The van der Waals surface area contributed by atoms with Crippen molar-refractivity contribution in [3.63, 3.8) is 0 Å². The maximum absolute atomic E-state index is 11.1. The topological polar surface area (TPSA) is 58.6 Å². The molecule has 0 spiro atoms. The monoisotopic (exact) mass is 216 g/mol. The molecule has 0 saturated heterocycles. The van der Waals surface area contributed by atoms with Crippen LogP contribution < -0.4 is 5.32 Å². The number of hydrogen-bond donors (Lipinski definition) is 1. The standard InChI is InChI=1S/C10H20N2O3/c1-4-15-10(14)9(13)5-6-11-7-8-12(2)3/h11H,4-8H2,1-3H3. The van der Waals surface area contributed by atoms with E-state index in [0.29, 0.717) is 6.54 Å². The quantitative estimate of drug-likeness (QED) is 0.342. The molecule has 15 heavy (non-hydrogen) atoms. The number of hydrogen-bond acceptors (Lipinski definition) is 5. The van der Waals surface area contributed by atoms with Crippen molar-refractivity contribution in [3.05, 3.63) is 0 Å². The van der Waals surface area contributed by atoms with Gasteiger partial charge in [0.15, 0.2) is 0 Å². The lowest BCUT2D eigenvalue weighted by Gasteiger charge is -2.09. The lowest BCUT2D eigenvalue weighted by molar-refractivity contribution is -0.153. The third kappa shape index (κ3) is 8.08. The summed E-state index contributed by atoms with van der Waals surface area (Å²) >= 11 is 0. The fourth-order valence-electron chi connectivity index (χ4n) is 0.943. The molecule has 0 radical (unpaired) electrons. The number of rotatable bonds is 8. The summed E-state index contributed by atoms with van der Waals surface area (Å²) in [5.74, 6) is -1.19. The minimum absolute atomic E-state index is 0.201. The summed E-state index contributed by atoms with van der Waals surface area (Å²) in [6.45, 7) is 4.17. The molecule has 0 saturated carbocycles. The first kappa shape index (κ1) is 14.1. The van der Waals surface area contributed by atoms with Gasteiger partial charge in [-0.05, 0) is 21.0 Å². The summed E-state index contributed by atoms with van der Waals surface area (Å²) in [7, 11) is 3.96. The third-order valence-corrected chi connectivity index (χ3v) is 1.77. The molecule has 0 aromatic carbocycles. The molecule has 88 valence electrons. The zero-order valence-corrected chi connectivity index (χ0v) is 9.71. The van der Waals surface area contributed by atoms with E-state index >= 15 is 0 Å². The molecule has 0 bridgehead atoms. The fourth-order valence-corrected chi connectivity index (χ4v) is 0.943. The van der Waals surface area contributed by atoms with Crippen molar-refractivity contribution < 1.29 is 14.3 Å². The van der Waals surface area contributed by atoms with Crippen LogP contribution in [0.1, 0.15) is 13.3 Å². The molecule has 0 rings (SSSR count). The summed E-state index contributed by atoms with van der Waals surface area (Å²) in [5, 5.41) is 3.07. The largest absolute Gasteiger partial charge is 0.460 e. The number of Topliss-reactive ketones (excluding diaryl/α,β-unsaturated/α-hetero) is 1. The van der Waals surface area contributed by atoms with Gasteiger partial charge in [-0.3, -0.25) is 4.79 Å². The van der Waals surface area contributed by atoms with Crippen LogP contribution in [-0.4, -0.2) is 57.0 Å². The molecule has 5 nitrogen and oxygen atoms in total. The number of carbonyl (C=O) groups is 2. The molecule has 0 amide bonds. The predicted molar refractivity (Wildman–Crippen MR) is 57.7 cm³/mol. The molecule has 5 heteroatoms. The number of ketones is 1. The van der Waals surface area contributed by atoms with Gasteiger partial charge in [0.05, 0.1) is 6.61 Å². The van der Waals surface area contributed by atoms with E-state index in [2.05, 4.69) is 10.1 Å². The molecule has 0 aliphatic rings. The minimum Gasteiger partial charge on any atom is -0.460 e. The molecule has 0 atom stereocenters. The van der Waals surface area contributed by atoms with Crippen LogP contribution in [0.2, 0.25) is 0 Å². The number of esters is 1. The van der Waals surface area contributed by atoms with E-state index in [9.17, 15) is 9.59 Å². The van der Waals surface area contributed by atoms with Crippen molar-refractivity contribution in [3.8, 4) is 0 Å². The Kier molecular flexibility index (Phi) is 7.85. The van der Waals surface area contributed by atoms with E-state index in [0.717, 1.165) is 13.1 Å². The van der Waals surface area contributed by atoms with Gasteiger partial charge in [-0.2, -0.15) is 0 Å². The number of ether oxygens (including phenoxy) is 1. The van der Waals surface area contributed by atoms with Crippen LogP contribution in [0.3, 0.4) is 0 Å². The van der Waals surface area contributed by atoms with Gasteiger partial charge in [-0.15, -0.1) is 0 Å². The normalized spacial score (nSPS) is 10.4. The third-order valence-electron chi connectivity index (χ3n) is 1.77. The highest BCUT2D eigenvalue weighted by atomic mass is 16.5. The van der Waals surface area contributed by atoms with Crippen molar-refractivity contribution in [2.75, 3.05) is 40.3 Å². The summed E-state index contributed by atoms with van der Waals surface area (Å²) in [6.07, 6.45) is 0.201. The maximum atomic E-state index is 11.1. The van der Waals surface area contributed by atoms with Gasteiger partial charge in [0, 0.05) is 26.1 Å². The zero-order chi connectivity index (χ0) is 11.7. The van der Waals surface area contributed by atoms with Gasteiger partial charge < -0.3 is 15.0 Å². The number of nitrogens with zero attached hydrogens (tertiary/aromatic N) is 1. The molecule has 0 aliphatic heterocycles. The van der Waals surface area contributed by atoms with Crippen molar-refractivity contribution in [1.29, 1.82) is 0 Å². The molecule has 0 aromatic heterocycles. The van der Waals surface area contributed by atoms with Crippen molar-refractivity contribution >= 4 is 11.8 Å². The number of nitrogens with one attached hydrogen (secondary N) is 1. The van der Waals surface area contributed by atoms with Crippen LogP contribution in [0.25, 0.3) is 0 Å². The van der Waals surface area contributed by atoms with Crippen LogP contribution in [-0.2, 0) is 14.3 Å². The van der Waals surface area contributed by atoms with Gasteiger partial charge >= 0.3 is 5.97 Å². The van der Waals surface area contributed by atoms with Gasteiger partial charge in [0.25, 0.3) is 0 Å². The molecule has 0 aliphatic carbocycles. The van der Waals surface area contributed by atoms with Crippen molar-refractivity contribution in [2.24, 2.45) is 0 Å². The van der Waals surface area contributed by atoms with E-state index in [1.165, 1.54) is 0 Å². The highest BCUT2D eigenvalue weighted by molar-refractivity contribution is 6.33. The fraction of sp³-hybridized carbons (Fsp3) is 0.800. The molecule has 0 fully saturated rings. The van der Waals surface area contributed by atoms with Crippen molar-refractivity contribution in [2.45, 2.75) is 13.3 Å². The molecule has 0 heterocycles. The van der Waals surface area contributed by atoms with Crippen LogP contribution in [0.5, 0.6) is 0 Å². The Morgan fingerprint density at radius 3 is 2.47 bits per heavy atom. The Balaban J connectivity index is 3.43. The molecule has 1 N–H and O–H groups in total. The number of likely N-dealkylation sites (N-methyl/N-ethyl adjacent to an activating group) is 1. The Labute approximate surface area is 90.8 Å². The van der Waals surface area contributed by atoms with Crippen LogP contribution >= 0.6 is 0 Å². The number of carbonyl (C=O) groups excluding carboxylic acids is 2. The average molecular weight is 216 g/mol. The van der Waals surface area contributed by atoms with Crippen molar-refractivity contribution in [1.82, 2.24) is 10.2 Å². The molecule has 0 unspecified atom stereocenters. The smallest absolute Gasteiger partial charge is 0.374 e. The highest BCUT2D eigenvalue weighted by Gasteiger charge is 2.13. The van der Waals surface area contributed by atoms with E-state index < -0.39 is 11.8 Å². The van der Waals surface area contributed by atoms with Gasteiger partial charge in [0.1, 0.15) is 0 Å². The second-order valence-electron chi connectivity index (χ2n) is 3.45. The first-order valence-electron chi connectivity index (χ1n) is 5.13. The second-order valence-corrected chi connectivity index (χ2v) is 3.45. The summed E-state index contributed by atoms with van der Waals surface area (Å²) in [6, 6.07) is 0. The summed E-state index contributed by atoms with van der Waals surface area (Å²) in [5.41, 5.74) is 0. The Hall–Kier alpha value is -0.940. The Morgan fingerprint density at radius 2 is 1.93 bits per heavy atom. The Bertz CT molecular complexity index is 205. The van der Waals surface area contributed by atoms with E-state index in [4.69, 9.17) is 0 Å². The van der Waals surface area contributed by atoms with Gasteiger partial charge in [-0.1, -0.05) is 0 Å². The van der Waals surface area contributed by atoms with Crippen LogP contribution in [0.15, 0.2) is 0 Å². The van der Waals surface area contributed by atoms with Crippen LogP contribution in [0.4, 0.5) is 0 Å². The minimum atomic E-state index is -0.730. The van der Waals surface area contributed by atoms with Gasteiger partial charge in [-0.25, -0.2) is 4.79 Å². The highest BCUT2D eigenvalue weighted by Crippen LogP contribution is 1.86. The zero-order valence-electron chi connectivity index (χ0n) is 9.71. The van der Waals surface area contributed by atoms with Crippen LogP contribution in [0, 0.1) is 0 Å². The van der Waals surface area contributed by atoms with E-state index in [1.54, 1.807) is 6.92 Å². The summed E-state index contributed by atoms with van der Waals surface area (Å²) < 4.78 is 4.57. The lowest BCUT2D eigenvalue weighted by Crippen LogP contribution is -2.29. The predicted octanol–water partition coefficient (Wildman–Crippen LogP) is -0.340. The average Bonchev–Trinajstić information content (AvgIpc) is 2.16. The first-order valence-corrected chi connectivity index (χ1v) is 5.13.